The van der Waals surface area contributed by atoms with Crippen LogP contribution in [0.3, 0.4) is 0 Å². The molecule has 0 saturated carbocycles. The normalized spacial score (nSPS) is 19.1. The Kier molecular flexibility index (Phi) is 5.67. The van der Waals surface area contributed by atoms with Crippen molar-refractivity contribution in [2.75, 3.05) is 17.8 Å². The van der Waals surface area contributed by atoms with E-state index in [1.165, 1.54) is 5.56 Å². The Morgan fingerprint density at radius 1 is 1.42 bits per heavy atom. The molecule has 0 radical (unpaired) electrons. The SMILES string of the molecule is O=C(Nc1cccc(CCCCl)c1)C1CCCCO1. The van der Waals surface area contributed by atoms with Crippen molar-refractivity contribution >= 4 is 23.2 Å². The van der Waals surface area contributed by atoms with E-state index in [1.807, 2.05) is 18.2 Å². The minimum absolute atomic E-state index is 0.0332. The molecule has 1 amide bonds. The second-order valence-corrected chi connectivity index (χ2v) is 5.22. The molecule has 1 aliphatic rings. The van der Waals surface area contributed by atoms with Gasteiger partial charge in [-0.05, 0) is 49.8 Å². The van der Waals surface area contributed by atoms with E-state index < -0.39 is 0 Å². The van der Waals surface area contributed by atoms with Gasteiger partial charge in [0.05, 0.1) is 0 Å². The number of amides is 1. The van der Waals surface area contributed by atoms with Crippen LogP contribution in [0.1, 0.15) is 31.2 Å². The van der Waals surface area contributed by atoms with Crippen LogP contribution >= 0.6 is 11.6 Å². The highest BCUT2D eigenvalue weighted by Crippen LogP contribution is 2.17. The predicted octanol–water partition coefficient (Wildman–Crippen LogP) is 3.37. The molecular weight excluding hydrogens is 262 g/mol. The van der Waals surface area contributed by atoms with Crippen LogP contribution in [0.5, 0.6) is 0 Å². The topological polar surface area (TPSA) is 38.3 Å². The van der Waals surface area contributed by atoms with Gasteiger partial charge in [0.2, 0.25) is 0 Å². The summed E-state index contributed by atoms with van der Waals surface area (Å²) in [4.78, 5) is 12.0. The number of benzene rings is 1. The van der Waals surface area contributed by atoms with Crippen LogP contribution in [0.15, 0.2) is 24.3 Å². The van der Waals surface area contributed by atoms with Crippen LogP contribution in [0.4, 0.5) is 5.69 Å². The molecule has 1 N–H and O–H groups in total. The van der Waals surface area contributed by atoms with E-state index in [0.717, 1.165) is 37.8 Å². The van der Waals surface area contributed by atoms with Crippen molar-refractivity contribution in [1.82, 2.24) is 0 Å². The summed E-state index contributed by atoms with van der Waals surface area (Å²) in [6, 6.07) is 7.93. The molecule has 19 heavy (non-hydrogen) atoms. The Labute approximate surface area is 119 Å². The van der Waals surface area contributed by atoms with Crippen LogP contribution in [-0.4, -0.2) is 24.5 Å². The van der Waals surface area contributed by atoms with Gasteiger partial charge in [0.15, 0.2) is 0 Å². The maximum Gasteiger partial charge on any atom is 0.253 e. The Hall–Kier alpha value is -1.06. The smallest absolute Gasteiger partial charge is 0.253 e. The van der Waals surface area contributed by atoms with E-state index in [9.17, 15) is 4.79 Å². The number of alkyl halides is 1. The highest BCUT2D eigenvalue weighted by atomic mass is 35.5. The molecule has 104 valence electrons. The van der Waals surface area contributed by atoms with E-state index in [0.29, 0.717) is 12.5 Å². The van der Waals surface area contributed by atoms with E-state index in [2.05, 4.69) is 11.4 Å². The lowest BCUT2D eigenvalue weighted by atomic mass is 10.1. The van der Waals surface area contributed by atoms with Gasteiger partial charge in [-0.2, -0.15) is 0 Å². The molecule has 0 aliphatic carbocycles. The molecule has 2 rings (SSSR count). The Morgan fingerprint density at radius 2 is 2.32 bits per heavy atom. The molecule has 1 heterocycles. The summed E-state index contributed by atoms with van der Waals surface area (Å²) in [5.41, 5.74) is 2.04. The van der Waals surface area contributed by atoms with E-state index in [-0.39, 0.29) is 12.0 Å². The summed E-state index contributed by atoms with van der Waals surface area (Å²) in [5, 5.41) is 2.93. The second kappa shape index (κ2) is 7.51. The molecule has 1 saturated heterocycles. The van der Waals surface area contributed by atoms with E-state index in [4.69, 9.17) is 16.3 Å². The number of aryl methyl sites for hydroxylation is 1. The third-order valence-corrected chi connectivity index (χ3v) is 3.53. The standard InChI is InChI=1S/C15H20ClNO2/c16-9-4-6-12-5-3-7-13(11-12)17-15(18)14-8-1-2-10-19-14/h3,5,7,11,14H,1-2,4,6,8-10H2,(H,17,18). The van der Waals surface area contributed by atoms with Crippen LogP contribution < -0.4 is 5.32 Å². The first-order valence-corrected chi connectivity index (χ1v) is 7.40. The van der Waals surface area contributed by atoms with Gasteiger partial charge in [0, 0.05) is 18.2 Å². The Bertz CT molecular complexity index is 416. The van der Waals surface area contributed by atoms with Crippen LogP contribution in [0, 0.1) is 0 Å². The molecule has 1 aromatic carbocycles. The average Bonchev–Trinajstić information content (AvgIpc) is 2.46. The van der Waals surface area contributed by atoms with Crippen molar-refractivity contribution in [1.29, 1.82) is 0 Å². The lowest BCUT2D eigenvalue weighted by molar-refractivity contribution is -0.129. The molecule has 0 aromatic heterocycles. The van der Waals surface area contributed by atoms with Gasteiger partial charge in [0.1, 0.15) is 6.10 Å². The summed E-state index contributed by atoms with van der Waals surface area (Å²) in [6.45, 7) is 0.688. The third kappa shape index (κ3) is 4.51. The average molecular weight is 282 g/mol. The lowest BCUT2D eigenvalue weighted by Crippen LogP contribution is -2.33. The number of nitrogens with one attached hydrogen (secondary N) is 1. The maximum absolute atomic E-state index is 12.0. The van der Waals surface area contributed by atoms with Crippen LogP contribution in [-0.2, 0) is 16.0 Å². The van der Waals surface area contributed by atoms with Gasteiger partial charge in [-0.3, -0.25) is 4.79 Å². The summed E-state index contributed by atoms with van der Waals surface area (Å²) in [7, 11) is 0. The summed E-state index contributed by atoms with van der Waals surface area (Å²) in [5.74, 6) is 0.626. The number of anilines is 1. The van der Waals surface area contributed by atoms with Gasteiger partial charge >= 0.3 is 0 Å². The minimum Gasteiger partial charge on any atom is -0.368 e. The number of carbonyl (C=O) groups excluding carboxylic acids is 1. The van der Waals surface area contributed by atoms with Gasteiger partial charge < -0.3 is 10.1 Å². The van der Waals surface area contributed by atoms with Crippen molar-refractivity contribution in [3.8, 4) is 0 Å². The predicted molar refractivity (Wildman–Crippen MR) is 77.7 cm³/mol. The van der Waals surface area contributed by atoms with Crippen LogP contribution in [0.25, 0.3) is 0 Å². The highest BCUT2D eigenvalue weighted by Gasteiger charge is 2.21. The number of ether oxygens (including phenoxy) is 1. The fraction of sp³-hybridized carbons (Fsp3) is 0.533. The number of hydrogen-bond acceptors (Lipinski definition) is 2. The first-order valence-electron chi connectivity index (χ1n) is 6.87. The van der Waals surface area contributed by atoms with Crippen molar-refractivity contribution in [3.63, 3.8) is 0 Å². The first-order chi connectivity index (χ1) is 9.29. The zero-order chi connectivity index (χ0) is 13.5. The van der Waals surface area contributed by atoms with Gasteiger partial charge in [-0.1, -0.05) is 12.1 Å². The van der Waals surface area contributed by atoms with Crippen LogP contribution in [0.2, 0.25) is 0 Å². The Morgan fingerprint density at radius 3 is 3.05 bits per heavy atom. The molecular formula is C15H20ClNO2. The number of carbonyl (C=O) groups is 1. The van der Waals surface area contributed by atoms with Gasteiger partial charge in [-0.25, -0.2) is 0 Å². The quantitative estimate of drug-likeness (QED) is 0.841. The molecule has 1 unspecified atom stereocenters. The molecule has 1 fully saturated rings. The second-order valence-electron chi connectivity index (χ2n) is 4.84. The Balaban J connectivity index is 1.92. The summed E-state index contributed by atoms with van der Waals surface area (Å²) in [6.07, 6.45) is 4.53. The monoisotopic (exact) mass is 281 g/mol. The third-order valence-electron chi connectivity index (χ3n) is 3.27. The molecule has 3 nitrogen and oxygen atoms in total. The molecule has 0 spiro atoms. The molecule has 1 aliphatic heterocycles. The van der Waals surface area contributed by atoms with Gasteiger partial charge in [0.25, 0.3) is 5.91 Å². The fourth-order valence-corrected chi connectivity index (χ4v) is 2.38. The maximum atomic E-state index is 12.0. The van der Waals surface area contributed by atoms with E-state index in [1.54, 1.807) is 0 Å². The molecule has 1 aromatic rings. The van der Waals surface area contributed by atoms with E-state index >= 15 is 0 Å². The number of rotatable bonds is 5. The molecule has 4 heteroatoms. The van der Waals surface area contributed by atoms with Gasteiger partial charge in [-0.15, -0.1) is 11.6 Å². The fourth-order valence-electron chi connectivity index (χ4n) is 2.25. The molecule has 1 atom stereocenters. The molecule has 0 bridgehead atoms. The lowest BCUT2D eigenvalue weighted by Gasteiger charge is -2.21. The zero-order valence-corrected chi connectivity index (χ0v) is 11.8. The minimum atomic E-state index is -0.291. The zero-order valence-electron chi connectivity index (χ0n) is 11.0. The largest absolute Gasteiger partial charge is 0.368 e. The summed E-state index contributed by atoms with van der Waals surface area (Å²) >= 11 is 5.69. The first kappa shape index (κ1) is 14.4. The van der Waals surface area contributed by atoms with Crippen molar-refractivity contribution in [3.05, 3.63) is 29.8 Å². The van der Waals surface area contributed by atoms with Crippen molar-refractivity contribution in [2.45, 2.75) is 38.2 Å². The van der Waals surface area contributed by atoms with Crippen molar-refractivity contribution < 1.29 is 9.53 Å². The summed E-state index contributed by atoms with van der Waals surface area (Å²) < 4.78 is 5.48. The number of halogens is 1. The number of hydrogen-bond donors (Lipinski definition) is 1. The highest BCUT2D eigenvalue weighted by molar-refractivity contribution is 6.17. The van der Waals surface area contributed by atoms with Crippen molar-refractivity contribution in [2.24, 2.45) is 0 Å².